The molecule has 0 spiro atoms. The average molecular weight is 214 g/mol. The van der Waals surface area contributed by atoms with E-state index in [1.165, 1.54) is 18.2 Å². The third-order valence-electron chi connectivity index (χ3n) is 1.65. The summed E-state index contributed by atoms with van der Waals surface area (Å²) >= 11 is 0. The van der Waals surface area contributed by atoms with Crippen LogP contribution in [0.2, 0.25) is 0 Å². The standard InChI is InChI=1S/C10H11FO4/c11-7-2-1-3-9(4-7)15-6-8(12)5-10(13)14/h1-4,8,12H,5-6H2,(H,13,14). The molecule has 15 heavy (non-hydrogen) atoms. The monoisotopic (exact) mass is 214 g/mol. The zero-order chi connectivity index (χ0) is 11.3. The van der Waals surface area contributed by atoms with Gasteiger partial charge in [0.05, 0.1) is 12.5 Å². The Morgan fingerprint density at radius 3 is 2.87 bits per heavy atom. The summed E-state index contributed by atoms with van der Waals surface area (Å²) in [5, 5.41) is 17.5. The van der Waals surface area contributed by atoms with Crippen molar-refractivity contribution in [2.75, 3.05) is 6.61 Å². The number of benzene rings is 1. The van der Waals surface area contributed by atoms with Gasteiger partial charge in [-0.05, 0) is 12.1 Å². The van der Waals surface area contributed by atoms with E-state index in [0.717, 1.165) is 6.07 Å². The predicted octanol–water partition coefficient (Wildman–Crippen LogP) is 1.04. The Bertz CT molecular complexity index is 340. The lowest BCUT2D eigenvalue weighted by molar-refractivity contribution is -0.139. The SMILES string of the molecule is O=C(O)CC(O)COc1cccc(F)c1. The van der Waals surface area contributed by atoms with Crippen molar-refractivity contribution in [1.82, 2.24) is 0 Å². The molecule has 0 aliphatic carbocycles. The molecule has 5 heteroatoms. The summed E-state index contributed by atoms with van der Waals surface area (Å²) in [5.41, 5.74) is 0. The maximum atomic E-state index is 12.7. The molecular weight excluding hydrogens is 203 g/mol. The van der Waals surface area contributed by atoms with Gasteiger partial charge >= 0.3 is 5.97 Å². The molecule has 0 saturated carbocycles. The minimum absolute atomic E-state index is 0.171. The second kappa shape index (κ2) is 5.31. The molecule has 0 saturated heterocycles. The molecule has 1 rings (SSSR count). The molecule has 0 aliphatic rings. The van der Waals surface area contributed by atoms with E-state index >= 15 is 0 Å². The second-order valence-corrected chi connectivity index (χ2v) is 3.02. The van der Waals surface area contributed by atoms with Gasteiger partial charge in [0, 0.05) is 6.07 Å². The van der Waals surface area contributed by atoms with Crippen molar-refractivity contribution in [2.24, 2.45) is 0 Å². The van der Waals surface area contributed by atoms with Gasteiger partial charge in [0.25, 0.3) is 0 Å². The van der Waals surface area contributed by atoms with Crippen molar-refractivity contribution in [2.45, 2.75) is 12.5 Å². The fourth-order valence-electron chi connectivity index (χ4n) is 1.01. The van der Waals surface area contributed by atoms with Crippen molar-refractivity contribution < 1.29 is 24.1 Å². The number of carbonyl (C=O) groups is 1. The molecule has 0 amide bonds. The van der Waals surface area contributed by atoms with Gasteiger partial charge in [-0.1, -0.05) is 6.07 Å². The molecular formula is C10H11FO4. The van der Waals surface area contributed by atoms with Gasteiger partial charge in [0.15, 0.2) is 0 Å². The Balaban J connectivity index is 2.40. The fraction of sp³-hybridized carbons (Fsp3) is 0.300. The van der Waals surface area contributed by atoms with E-state index in [1.54, 1.807) is 0 Å². The molecule has 0 aliphatic heterocycles. The highest BCUT2D eigenvalue weighted by atomic mass is 19.1. The first-order valence-electron chi connectivity index (χ1n) is 4.36. The molecule has 0 fully saturated rings. The highest BCUT2D eigenvalue weighted by Gasteiger charge is 2.10. The van der Waals surface area contributed by atoms with E-state index in [9.17, 15) is 9.18 Å². The lowest BCUT2D eigenvalue weighted by atomic mass is 10.3. The van der Waals surface area contributed by atoms with Crippen LogP contribution in [0.5, 0.6) is 5.75 Å². The number of aliphatic hydroxyl groups is 1. The minimum Gasteiger partial charge on any atom is -0.491 e. The van der Waals surface area contributed by atoms with Gasteiger partial charge in [0.2, 0.25) is 0 Å². The van der Waals surface area contributed by atoms with E-state index in [-0.39, 0.29) is 12.4 Å². The molecule has 0 radical (unpaired) electrons. The Hall–Kier alpha value is -1.62. The van der Waals surface area contributed by atoms with Crippen molar-refractivity contribution in [1.29, 1.82) is 0 Å². The van der Waals surface area contributed by atoms with Crippen molar-refractivity contribution >= 4 is 5.97 Å². The number of hydrogen-bond donors (Lipinski definition) is 2. The molecule has 1 atom stereocenters. The number of carboxylic acids is 1. The number of hydrogen-bond acceptors (Lipinski definition) is 3. The minimum atomic E-state index is -1.11. The van der Waals surface area contributed by atoms with Crippen LogP contribution in [-0.2, 0) is 4.79 Å². The van der Waals surface area contributed by atoms with Crippen LogP contribution < -0.4 is 4.74 Å². The highest BCUT2D eigenvalue weighted by Crippen LogP contribution is 2.12. The van der Waals surface area contributed by atoms with Crippen LogP contribution in [0.25, 0.3) is 0 Å². The van der Waals surface area contributed by atoms with Gasteiger partial charge in [0.1, 0.15) is 18.2 Å². The van der Waals surface area contributed by atoms with Gasteiger partial charge in [-0.2, -0.15) is 0 Å². The van der Waals surface area contributed by atoms with E-state index in [4.69, 9.17) is 14.9 Å². The van der Waals surface area contributed by atoms with Crippen LogP contribution in [0, 0.1) is 5.82 Å². The summed E-state index contributed by atoms with van der Waals surface area (Å²) in [4.78, 5) is 10.2. The van der Waals surface area contributed by atoms with Crippen LogP contribution in [0.1, 0.15) is 6.42 Å². The molecule has 1 aromatic rings. The third kappa shape index (κ3) is 4.42. The maximum Gasteiger partial charge on any atom is 0.306 e. The van der Waals surface area contributed by atoms with E-state index < -0.39 is 24.3 Å². The zero-order valence-electron chi connectivity index (χ0n) is 7.89. The number of aliphatic hydroxyl groups excluding tert-OH is 1. The molecule has 0 aromatic heterocycles. The predicted molar refractivity (Wildman–Crippen MR) is 50.2 cm³/mol. The number of ether oxygens (including phenoxy) is 1. The van der Waals surface area contributed by atoms with Crippen LogP contribution in [0.3, 0.4) is 0 Å². The van der Waals surface area contributed by atoms with E-state index in [1.807, 2.05) is 0 Å². The Morgan fingerprint density at radius 1 is 1.53 bits per heavy atom. The number of rotatable bonds is 5. The smallest absolute Gasteiger partial charge is 0.306 e. The van der Waals surface area contributed by atoms with Crippen molar-refractivity contribution in [3.8, 4) is 5.75 Å². The van der Waals surface area contributed by atoms with Crippen molar-refractivity contribution in [3.05, 3.63) is 30.1 Å². The summed E-state index contributed by atoms with van der Waals surface area (Å²) in [7, 11) is 0. The zero-order valence-corrected chi connectivity index (χ0v) is 7.89. The van der Waals surface area contributed by atoms with Gasteiger partial charge in [-0.15, -0.1) is 0 Å². The third-order valence-corrected chi connectivity index (χ3v) is 1.65. The molecule has 1 unspecified atom stereocenters. The molecule has 82 valence electrons. The fourth-order valence-corrected chi connectivity index (χ4v) is 1.01. The van der Waals surface area contributed by atoms with Crippen LogP contribution >= 0.6 is 0 Å². The lowest BCUT2D eigenvalue weighted by Crippen LogP contribution is -2.21. The number of halogens is 1. The van der Waals surface area contributed by atoms with Gasteiger partial charge in [-0.3, -0.25) is 4.79 Å². The average Bonchev–Trinajstić information content (AvgIpc) is 2.14. The summed E-state index contributed by atoms with van der Waals surface area (Å²) in [6.45, 7) is -0.171. The molecule has 4 nitrogen and oxygen atoms in total. The highest BCUT2D eigenvalue weighted by molar-refractivity contribution is 5.67. The normalized spacial score (nSPS) is 12.1. The van der Waals surface area contributed by atoms with Crippen molar-refractivity contribution in [3.63, 3.8) is 0 Å². The second-order valence-electron chi connectivity index (χ2n) is 3.02. The quantitative estimate of drug-likeness (QED) is 0.768. The number of aliphatic carboxylic acids is 1. The van der Waals surface area contributed by atoms with Crippen LogP contribution in [-0.4, -0.2) is 28.9 Å². The molecule has 0 bridgehead atoms. The first-order valence-corrected chi connectivity index (χ1v) is 4.36. The molecule has 1 aromatic carbocycles. The lowest BCUT2D eigenvalue weighted by Gasteiger charge is -2.10. The summed E-state index contributed by atoms with van der Waals surface area (Å²) in [5.74, 6) is -1.29. The first-order chi connectivity index (χ1) is 7.08. The van der Waals surface area contributed by atoms with Gasteiger partial charge in [-0.25, -0.2) is 4.39 Å². The summed E-state index contributed by atoms with van der Waals surface area (Å²) < 4.78 is 17.7. The number of carboxylic acid groups (broad SMARTS) is 1. The Labute approximate surface area is 85.9 Å². The van der Waals surface area contributed by atoms with E-state index in [2.05, 4.69) is 0 Å². The van der Waals surface area contributed by atoms with Crippen LogP contribution in [0.4, 0.5) is 4.39 Å². The Morgan fingerprint density at radius 2 is 2.27 bits per heavy atom. The topological polar surface area (TPSA) is 66.8 Å². The summed E-state index contributed by atoms with van der Waals surface area (Å²) in [6.07, 6.45) is -1.49. The van der Waals surface area contributed by atoms with Gasteiger partial charge < -0.3 is 14.9 Å². The first kappa shape index (κ1) is 11.5. The van der Waals surface area contributed by atoms with Crippen LogP contribution in [0.15, 0.2) is 24.3 Å². The van der Waals surface area contributed by atoms with E-state index in [0.29, 0.717) is 0 Å². The Kier molecular flexibility index (Phi) is 4.05. The largest absolute Gasteiger partial charge is 0.491 e. The molecule has 2 N–H and O–H groups in total. The summed E-state index contributed by atoms with van der Waals surface area (Å²) in [6, 6.07) is 5.42. The maximum absolute atomic E-state index is 12.7. The molecule has 0 heterocycles.